The maximum absolute atomic E-state index is 12.9. The first-order valence-corrected chi connectivity index (χ1v) is 6.02. The summed E-state index contributed by atoms with van der Waals surface area (Å²) in [7, 11) is 0. The summed E-state index contributed by atoms with van der Waals surface area (Å²) >= 11 is 0. The lowest BCUT2D eigenvalue weighted by Gasteiger charge is -2.20. The van der Waals surface area contributed by atoms with Crippen LogP contribution in [0.2, 0.25) is 0 Å². The molecule has 0 amide bonds. The SMILES string of the molecule is OCC(CNC1CC1)c1ccccc1C(F)(F)F. The second kappa shape index (κ2) is 5.28. The summed E-state index contributed by atoms with van der Waals surface area (Å²) < 4.78 is 38.6. The highest BCUT2D eigenvalue weighted by molar-refractivity contribution is 5.33. The lowest BCUT2D eigenvalue weighted by atomic mass is 9.94. The Morgan fingerprint density at radius 2 is 1.94 bits per heavy atom. The number of hydrogen-bond acceptors (Lipinski definition) is 2. The van der Waals surface area contributed by atoms with Gasteiger partial charge >= 0.3 is 6.18 Å². The number of nitrogens with one attached hydrogen (secondary N) is 1. The minimum Gasteiger partial charge on any atom is -0.396 e. The van der Waals surface area contributed by atoms with E-state index in [0.29, 0.717) is 12.6 Å². The minimum absolute atomic E-state index is 0.167. The molecule has 1 aliphatic carbocycles. The summed E-state index contributed by atoms with van der Waals surface area (Å²) in [6.45, 7) is 0.0983. The third-order valence-electron chi connectivity index (χ3n) is 3.16. The Morgan fingerprint density at radius 3 is 2.50 bits per heavy atom. The van der Waals surface area contributed by atoms with Crippen LogP contribution in [0.15, 0.2) is 24.3 Å². The Morgan fingerprint density at radius 1 is 1.28 bits per heavy atom. The minimum atomic E-state index is -4.37. The Labute approximate surface area is 104 Å². The smallest absolute Gasteiger partial charge is 0.396 e. The van der Waals surface area contributed by atoms with Gasteiger partial charge in [-0.15, -0.1) is 0 Å². The van der Waals surface area contributed by atoms with Crippen molar-refractivity contribution in [2.45, 2.75) is 31.0 Å². The largest absolute Gasteiger partial charge is 0.416 e. The number of halogens is 3. The van der Waals surface area contributed by atoms with Gasteiger partial charge < -0.3 is 10.4 Å². The normalized spacial score (nSPS) is 17.8. The molecule has 0 aromatic heterocycles. The zero-order chi connectivity index (χ0) is 13.2. The molecule has 100 valence electrons. The molecule has 2 rings (SSSR count). The molecule has 0 aliphatic heterocycles. The van der Waals surface area contributed by atoms with E-state index in [1.54, 1.807) is 6.07 Å². The van der Waals surface area contributed by atoms with Crippen molar-refractivity contribution in [1.29, 1.82) is 0 Å². The van der Waals surface area contributed by atoms with Crippen molar-refractivity contribution in [3.8, 4) is 0 Å². The maximum atomic E-state index is 12.9. The predicted molar refractivity (Wildman–Crippen MR) is 62.3 cm³/mol. The first-order chi connectivity index (χ1) is 8.52. The standard InChI is InChI=1S/C13H16F3NO/c14-13(15,16)12-4-2-1-3-11(12)9(8-18)7-17-10-5-6-10/h1-4,9-10,17-18H,5-8H2. The molecule has 1 unspecified atom stereocenters. The van der Waals surface area contributed by atoms with E-state index >= 15 is 0 Å². The summed E-state index contributed by atoms with van der Waals surface area (Å²) in [5, 5.41) is 12.5. The summed E-state index contributed by atoms with van der Waals surface area (Å²) in [6, 6.07) is 5.87. The molecule has 0 heterocycles. The first-order valence-electron chi connectivity index (χ1n) is 6.02. The molecule has 2 nitrogen and oxygen atoms in total. The van der Waals surface area contributed by atoms with Gasteiger partial charge in [-0.3, -0.25) is 0 Å². The number of benzene rings is 1. The van der Waals surface area contributed by atoms with Crippen LogP contribution in [0.4, 0.5) is 13.2 Å². The zero-order valence-corrected chi connectivity index (χ0v) is 9.87. The molecular weight excluding hydrogens is 243 g/mol. The first kappa shape index (κ1) is 13.4. The van der Waals surface area contributed by atoms with Crippen molar-refractivity contribution in [2.24, 2.45) is 0 Å². The number of aliphatic hydroxyl groups excluding tert-OH is 1. The van der Waals surface area contributed by atoms with E-state index < -0.39 is 17.7 Å². The van der Waals surface area contributed by atoms with Gasteiger partial charge in [0, 0.05) is 18.5 Å². The molecular formula is C13H16F3NO. The van der Waals surface area contributed by atoms with Gasteiger partial charge in [-0.25, -0.2) is 0 Å². The third-order valence-corrected chi connectivity index (χ3v) is 3.16. The highest BCUT2D eigenvalue weighted by Gasteiger charge is 2.35. The molecule has 1 aromatic carbocycles. The maximum Gasteiger partial charge on any atom is 0.416 e. The summed E-state index contributed by atoms with van der Waals surface area (Å²) in [5.74, 6) is -0.511. The van der Waals surface area contributed by atoms with Gasteiger partial charge in [0.2, 0.25) is 0 Å². The fraction of sp³-hybridized carbons (Fsp3) is 0.538. The second-order valence-corrected chi connectivity index (χ2v) is 4.65. The topological polar surface area (TPSA) is 32.3 Å². The lowest BCUT2D eigenvalue weighted by molar-refractivity contribution is -0.138. The monoisotopic (exact) mass is 259 g/mol. The van der Waals surface area contributed by atoms with Crippen molar-refractivity contribution in [3.63, 3.8) is 0 Å². The molecule has 5 heteroatoms. The van der Waals surface area contributed by atoms with Crippen molar-refractivity contribution in [1.82, 2.24) is 5.32 Å². The van der Waals surface area contributed by atoms with E-state index in [1.807, 2.05) is 0 Å². The molecule has 0 radical (unpaired) electrons. The lowest BCUT2D eigenvalue weighted by Crippen LogP contribution is -2.27. The summed E-state index contributed by atoms with van der Waals surface area (Å²) in [6.07, 6.45) is -2.23. The van der Waals surface area contributed by atoms with Crippen LogP contribution in [0.5, 0.6) is 0 Å². The fourth-order valence-corrected chi connectivity index (χ4v) is 1.98. The number of rotatable bonds is 5. The van der Waals surface area contributed by atoms with Gasteiger partial charge in [0.15, 0.2) is 0 Å². The van der Waals surface area contributed by atoms with Crippen molar-refractivity contribution < 1.29 is 18.3 Å². The molecule has 1 fully saturated rings. The van der Waals surface area contributed by atoms with Crippen LogP contribution in [0.1, 0.15) is 29.9 Å². The Balaban J connectivity index is 2.17. The highest BCUT2D eigenvalue weighted by atomic mass is 19.4. The molecule has 1 saturated carbocycles. The van der Waals surface area contributed by atoms with E-state index in [2.05, 4.69) is 5.32 Å². The Hall–Kier alpha value is -1.07. The number of alkyl halides is 3. The predicted octanol–water partition coefficient (Wildman–Crippen LogP) is 2.53. The zero-order valence-electron chi connectivity index (χ0n) is 9.87. The molecule has 1 aliphatic rings. The van der Waals surface area contributed by atoms with Crippen LogP contribution in [0.3, 0.4) is 0 Å². The molecule has 0 spiro atoms. The average Bonchev–Trinajstić information content (AvgIpc) is 3.13. The van der Waals surface area contributed by atoms with Crippen LogP contribution < -0.4 is 5.32 Å². The van der Waals surface area contributed by atoms with E-state index in [0.717, 1.165) is 18.9 Å². The second-order valence-electron chi connectivity index (χ2n) is 4.65. The number of hydrogen-bond donors (Lipinski definition) is 2. The van der Waals surface area contributed by atoms with Gasteiger partial charge in [-0.1, -0.05) is 18.2 Å². The van der Waals surface area contributed by atoms with Crippen molar-refractivity contribution in [3.05, 3.63) is 35.4 Å². The Kier molecular flexibility index (Phi) is 3.92. The van der Waals surface area contributed by atoms with Gasteiger partial charge in [0.25, 0.3) is 0 Å². The molecule has 18 heavy (non-hydrogen) atoms. The fourth-order valence-electron chi connectivity index (χ4n) is 1.98. The van der Waals surface area contributed by atoms with E-state index in [1.165, 1.54) is 12.1 Å². The van der Waals surface area contributed by atoms with Gasteiger partial charge in [0.05, 0.1) is 12.2 Å². The molecule has 0 saturated heterocycles. The van der Waals surface area contributed by atoms with E-state index in [9.17, 15) is 18.3 Å². The van der Waals surface area contributed by atoms with E-state index in [-0.39, 0.29) is 12.2 Å². The summed E-state index contributed by atoms with van der Waals surface area (Å²) in [5.41, 5.74) is -0.484. The van der Waals surface area contributed by atoms with E-state index in [4.69, 9.17) is 0 Å². The van der Waals surface area contributed by atoms with Crippen LogP contribution in [0.25, 0.3) is 0 Å². The van der Waals surface area contributed by atoms with Crippen LogP contribution in [0, 0.1) is 0 Å². The van der Waals surface area contributed by atoms with Crippen molar-refractivity contribution in [2.75, 3.05) is 13.2 Å². The molecule has 1 atom stereocenters. The van der Waals surface area contributed by atoms with Crippen molar-refractivity contribution >= 4 is 0 Å². The number of aliphatic hydroxyl groups is 1. The highest BCUT2D eigenvalue weighted by Crippen LogP contribution is 2.35. The average molecular weight is 259 g/mol. The Bertz CT molecular complexity index is 401. The molecule has 2 N–H and O–H groups in total. The van der Waals surface area contributed by atoms with Gasteiger partial charge in [-0.2, -0.15) is 13.2 Å². The quantitative estimate of drug-likeness (QED) is 0.851. The third kappa shape index (κ3) is 3.23. The van der Waals surface area contributed by atoms with Crippen LogP contribution in [-0.4, -0.2) is 24.3 Å². The van der Waals surface area contributed by atoms with Crippen LogP contribution in [-0.2, 0) is 6.18 Å². The van der Waals surface area contributed by atoms with Gasteiger partial charge in [0.1, 0.15) is 0 Å². The summed E-state index contributed by atoms with van der Waals surface area (Å²) in [4.78, 5) is 0. The molecule has 1 aromatic rings. The van der Waals surface area contributed by atoms with Crippen LogP contribution >= 0.6 is 0 Å². The molecule has 0 bridgehead atoms. The van der Waals surface area contributed by atoms with Gasteiger partial charge in [-0.05, 0) is 24.5 Å².